The number of amidine groups is 1. The summed E-state index contributed by atoms with van der Waals surface area (Å²) in [5.41, 5.74) is 3.06. The molecular formula is C30H29ClFN5O. The number of rotatable bonds is 10. The summed E-state index contributed by atoms with van der Waals surface area (Å²) >= 11 is 5.95. The van der Waals surface area contributed by atoms with Crippen LogP contribution in [0.15, 0.2) is 103 Å². The highest BCUT2D eigenvalue weighted by molar-refractivity contribution is 6.30. The van der Waals surface area contributed by atoms with Gasteiger partial charge in [0, 0.05) is 37.9 Å². The molecule has 2 amide bonds. The van der Waals surface area contributed by atoms with E-state index in [-0.39, 0.29) is 17.0 Å². The van der Waals surface area contributed by atoms with Crippen molar-refractivity contribution in [2.75, 3.05) is 13.1 Å². The van der Waals surface area contributed by atoms with E-state index in [0.29, 0.717) is 37.5 Å². The first kappa shape index (κ1) is 25.7. The van der Waals surface area contributed by atoms with Crippen LogP contribution in [0.3, 0.4) is 0 Å². The van der Waals surface area contributed by atoms with E-state index in [4.69, 9.17) is 16.6 Å². The van der Waals surface area contributed by atoms with Crippen LogP contribution >= 0.6 is 11.6 Å². The number of imidazole rings is 1. The Labute approximate surface area is 226 Å². The normalized spacial score (nSPS) is 16.4. The van der Waals surface area contributed by atoms with Gasteiger partial charge >= 0.3 is 6.03 Å². The van der Waals surface area contributed by atoms with Crippen LogP contribution < -0.4 is 5.32 Å². The zero-order valence-corrected chi connectivity index (χ0v) is 21.6. The first-order chi connectivity index (χ1) is 18.6. The smallest absolute Gasteiger partial charge is 0.323 e. The monoisotopic (exact) mass is 529 g/mol. The predicted octanol–water partition coefficient (Wildman–Crippen LogP) is 6.45. The number of aromatic nitrogens is 2. The fourth-order valence-electron chi connectivity index (χ4n) is 4.94. The SMILES string of the molecule is O=C1NC(=NCCC(c2ccccc2)c2ccccc2)C(c2ccc(Cl)c(F)c2)N1CCCn1ccnc1. The molecule has 1 N–H and O–H groups in total. The van der Waals surface area contributed by atoms with E-state index in [1.165, 1.54) is 23.3 Å². The predicted molar refractivity (Wildman–Crippen MR) is 148 cm³/mol. The van der Waals surface area contributed by atoms with Gasteiger partial charge in [-0.15, -0.1) is 0 Å². The van der Waals surface area contributed by atoms with Crippen molar-refractivity contribution in [3.63, 3.8) is 0 Å². The lowest BCUT2D eigenvalue weighted by Crippen LogP contribution is -2.31. The van der Waals surface area contributed by atoms with Crippen LogP contribution in [0, 0.1) is 5.82 Å². The van der Waals surface area contributed by atoms with Crippen LogP contribution in [0.25, 0.3) is 0 Å². The molecule has 8 heteroatoms. The number of urea groups is 1. The second kappa shape index (κ2) is 12.0. The Bertz CT molecular complexity index is 1340. The minimum absolute atomic E-state index is 0.0461. The van der Waals surface area contributed by atoms with Gasteiger partial charge in [0.05, 0.1) is 11.3 Å². The molecule has 6 nitrogen and oxygen atoms in total. The van der Waals surface area contributed by atoms with Gasteiger partial charge < -0.3 is 9.47 Å². The zero-order valence-electron chi connectivity index (χ0n) is 20.9. The summed E-state index contributed by atoms with van der Waals surface area (Å²) in [6.45, 7) is 1.70. The molecule has 194 valence electrons. The van der Waals surface area contributed by atoms with Crippen LogP contribution in [-0.4, -0.2) is 39.4 Å². The number of amides is 2. The number of aliphatic imine (C=N–C) groups is 1. The molecule has 0 spiro atoms. The number of hydrogen-bond acceptors (Lipinski definition) is 3. The number of carbonyl (C=O) groups is 1. The summed E-state index contributed by atoms with van der Waals surface area (Å²) in [7, 11) is 0. The summed E-state index contributed by atoms with van der Waals surface area (Å²) in [6.07, 6.45) is 6.84. The highest BCUT2D eigenvalue weighted by Crippen LogP contribution is 2.31. The molecule has 0 aliphatic carbocycles. The van der Waals surface area contributed by atoms with Crippen LogP contribution in [0.1, 0.15) is 41.5 Å². The molecule has 1 unspecified atom stereocenters. The third-order valence-corrected chi connectivity index (χ3v) is 7.11. The van der Waals surface area contributed by atoms with Gasteiger partial charge in [-0.3, -0.25) is 10.3 Å². The first-order valence-electron chi connectivity index (χ1n) is 12.7. The van der Waals surface area contributed by atoms with Crippen LogP contribution in [0.4, 0.5) is 9.18 Å². The molecule has 3 aromatic carbocycles. The lowest BCUT2D eigenvalue weighted by atomic mass is 9.88. The van der Waals surface area contributed by atoms with Gasteiger partial charge in [-0.1, -0.05) is 78.3 Å². The molecule has 1 saturated heterocycles. The van der Waals surface area contributed by atoms with Crippen molar-refractivity contribution in [2.45, 2.75) is 31.3 Å². The lowest BCUT2D eigenvalue weighted by molar-refractivity contribution is 0.204. The molecule has 0 radical (unpaired) electrons. The van der Waals surface area contributed by atoms with E-state index in [1.807, 2.05) is 47.2 Å². The minimum atomic E-state index is -0.519. The highest BCUT2D eigenvalue weighted by Gasteiger charge is 2.37. The second-order valence-corrected chi connectivity index (χ2v) is 9.69. The summed E-state index contributed by atoms with van der Waals surface area (Å²) in [5.74, 6) is 0.172. The molecule has 38 heavy (non-hydrogen) atoms. The number of benzene rings is 3. The number of aryl methyl sites for hydroxylation is 1. The van der Waals surface area contributed by atoms with Crippen molar-refractivity contribution in [3.8, 4) is 0 Å². The second-order valence-electron chi connectivity index (χ2n) is 9.28. The molecule has 1 aliphatic rings. The standard InChI is InChI=1S/C30H29ClFN5O/c31-26-13-12-24(20-27(26)32)28-29(35-30(38)37(28)18-7-17-36-19-16-33-21-36)34-15-14-25(22-8-3-1-4-9-22)23-10-5-2-6-11-23/h1-6,8-13,16,19-21,25,28H,7,14-15,17-18H2,(H,34,35,38). The molecule has 1 atom stereocenters. The Kier molecular flexibility index (Phi) is 8.14. The third kappa shape index (κ3) is 5.94. The van der Waals surface area contributed by atoms with Crippen molar-refractivity contribution in [2.24, 2.45) is 4.99 Å². The number of nitrogens with zero attached hydrogens (tertiary/aromatic N) is 4. The Morgan fingerprint density at radius 3 is 2.34 bits per heavy atom. The molecule has 1 fully saturated rings. The van der Waals surface area contributed by atoms with Gasteiger partial charge in [-0.25, -0.2) is 14.2 Å². The topological polar surface area (TPSA) is 62.5 Å². The minimum Gasteiger partial charge on any atom is -0.337 e. The van der Waals surface area contributed by atoms with E-state index in [0.717, 1.165) is 6.42 Å². The fourth-order valence-corrected chi connectivity index (χ4v) is 5.06. The third-order valence-electron chi connectivity index (χ3n) is 6.80. The number of halogens is 2. The van der Waals surface area contributed by atoms with E-state index < -0.39 is 11.9 Å². The molecule has 0 saturated carbocycles. The fraction of sp³-hybridized carbons (Fsp3) is 0.233. The van der Waals surface area contributed by atoms with Crippen molar-refractivity contribution < 1.29 is 9.18 Å². The number of nitrogens with one attached hydrogen (secondary N) is 1. The maximum atomic E-state index is 14.4. The summed E-state index contributed by atoms with van der Waals surface area (Å²) in [6, 6.07) is 24.6. The zero-order chi connectivity index (χ0) is 26.3. The first-order valence-corrected chi connectivity index (χ1v) is 13.1. The van der Waals surface area contributed by atoms with Crippen LogP contribution in [-0.2, 0) is 6.54 Å². The quantitative estimate of drug-likeness (QED) is 0.256. The van der Waals surface area contributed by atoms with Crippen molar-refractivity contribution in [1.29, 1.82) is 0 Å². The van der Waals surface area contributed by atoms with Gasteiger partial charge in [-0.05, 0) is 41.7 Å². The number of hydrogen-bond donors (Lipinski definition) is 1. The van der Waals surface area contributed by atoms with Crippen molar-refractivity contribution in [3.05, 3.63) is 125 Å². The van der Waals surface area contributed by atoms with Crippen molar-refractivity contribution >= 4 is 23.5 Å². The molecule has 2 heterocycles. The Balaban J connectivity index is 1.38. The summed E-state index contributed by atoms with van der Waals surface area (Å²) < 4.78 is 16.4. The van der Waals surface area contributed by atoms with E-state index >= 15 is 0 Å². The highest BCUT2D eigenvalue weighted by atomic mass is 35.5. The van der Waals surface area contributed by atoms with Gasteiger partial charge in [0.1, 0.15) is 17.7 Å². The average Bonchev–Trinajstić information content (AvgIpc) is 3.57. The van der Waals surface area contributed by atoms with Gasteiger partial charge in [0.2, 0.25) is 0 Å². The molecular weight excluding hydrogens is 501 g/mol. The Morgan fingerprint density at radius 2 is 1.71 bits per heavy atom. The van der Waals surface area contributed by atoms with E-state index in [1.54, 1.807) is 23.5 Å². The van der Waals surface area contributed by atoms with Gasteiger partial charge in [-0.2, -0.15) is 0 Å². The Hall–Kier alpha value is -3.97. The summed E-state index contributed by atoms with van der Waals surface area (Å²) in [5, 5.41) is 2.99. The molecule has 1 aromatic heterocycles. The molecule has 1 aliphatic heterocycles. The van der Waals surface area contributed by atoms with E-state index in [9.17, 15) is 9.18 Å². The molecule has 0 bridgehead atoms. The maximum Gasteiger partial charge on any atom is 0.323 e. The number of carbonyl (C=O) groups excluding carboxylic acids is 1. The van der Waals surface area contributed by atoms with Gasteiger partial charge in [0.15, 0.2) is 0 Å². The summed E-state index contributed by atoms with van der Waals surface area (Å²) in [4.78, 5) is 23.7. The van der Waals surface area contributed by atoms with Gasteiger partial charge in [0.25, 0.3) is 0 Å². The van der Waals surface area contributed by atoms with E-state index in [2.05, 4.69) is 34.6 Å². The largest absolute Gasteiger partial charge is 0.337 e. The lowest BCUT2D eigenvalue weighted by Gasteiger charge is -2.24. The molecule has 4 aromatic rings. The molecule has 5 rings (SSSR count). The van der Waals surface area contributed by atoms with Crippen molar-refractivity contribution in [1.82, 2.24) is 19.8 Å². The van der Waals surface area contributed by atoms with Crippen LogP contribution in [0.2, 0.25) is 5.02 Å². The maximum absolute atomic E-state index is 14.4. The average molecular weight is 530 g/mol. The Morgan fingerprint density at radius 1 is 1.00 bits per heavy atom. The van der Waals surface area contributed by atoms with Crippen LogP contribution in [0.5, 0.6) is 0 Å².